The lowest BCUT2D eigenvalue weighted by molar-refractivity contribution is 0.0674. The van der Waals surface area contributed by atoms with Crippen LogP contribution < -0.4 is 5.32 Å². The third-order valence-corrected chi connectivity index (χ3v) is 6.86. The van der Waals surface area contributed by atoms with E-state index >= 15 is 0 Å². The summed E-state index contributed by atoms with van der Waals surface area (Å²) in [5.74, 6) is 0.831. The molecule has 1 atom stereocenters. The van der Waals surface area contributed by atoms with Crippen molar-refractivity contribution in [1.82, 2.24) is 20.1 Å². The van der Waals surface area contributed by atoms with Crippen LogP contribution in [0.2, 0.25) is 0 Å². The highest BCUT2D eigenvalue weighted by atomic mass is 16.2. The molecule has 0 radical (unpaired) electrons. The number of amides is 1. The van der Waals surface area contributed by atoms with Gasteiger partial charge in [-0.3, -0.25) is 14.7 Å². The zero-order valence-corrected chi connectivity index (χ0v) is 17.0. The lowest BCUT2D eigenvalue weighted by atomic mass is 9.88. The Morgan fingerprint density at radius 2 is 2.03 bits per heavy atom. The molecule has 2 saturated heterocycles. The van der Waals surface area contributed by atoms with Gasteiger partial charge in [-0.15, -0.1) is 0 Å². The molecule has 2 fully saturated rings. The molecular weight excluding hydrogens is 360 g/mol. The molecule has 0 spiro atoms. The van der Waals surface area contributed by atoms with Gasteiger partial charge in [-0.2, -0.15) is 0 Å². The fraction of sp³-hybridized carbons (Fsp3) is 0.500. The molecule has 5 nitrogen and oxygen atoms in total. The number of pyridine rings is 1. The largest absolute Gasteiger partial charge is 0.330 e. The van der Waals surface area contributed by atoms with Gasteiger partial charge in [-0.25, -0.2) is 0 Å². The van der Waals surface area contributed by atoms with Crippen molar-refractivity contribution in [3.63, 3.8) is 0 Å². The molecule has 5 heteroatoms. The van der Waals surface area contributed by atoms with Gasteiger partial charge in [0.15, 0.2) is 0 Å². The van der Waals surface area contributed by atoms with Crippen LogP contribution >= 0.6 is 0 Å². The zero-order chi connectivity index (χ0) is 19.6. The zero-order valence-electron chi connectivity index (χ0n) is 17.0. The predicted octanol–water partition coefficient (Wildman–Crippen LogP) is 3.17. The number of nitrogens with zero attached hydrogens (tertiary/aromatic N) is 3. The highest BCUT2D eigenvalue weighted by Gasteiger charge is 2.34. The molecule has 5 rings (SSSR count). The Kier molecular flexibility index (Phi) is 5.34. The van der Waals surface area contributed by atoms with Gasteiger partial charge in [-0.05, 0) is 80.1 Å². The highest BCUT2D eigenvalue weighted by Crippen LogP contribution is 2.33. The van der Waals surface area contributed by atoms with Crippen molar-refractivity contribution in [2.75, 3.05) is 26.2 Å². The quantitative estimate of drug-likeness (QED) is 0.871. The van der Waals surface area contributed by atoms with Crippen molar-refractivity contribution in [3.8, 4) is 0 Å². The van der Waals surface area contributed by atoms with Crippen LogP contribution in [-0.2, 0) is 13.1 Å². The van der Waals surface area contributed by atoms with Gasteiger partial charge in [0, 0.05) is 43.6 Å². The van der Waals surface area contributed by atoms with Gasteiger partial charge >= 0.3 is 0 Å². The molecular formula is C24H30N4O. The molecule has 1 N–H and O–H groups in total. The molecule has 152 valence electrons. The van der Waals surface area contributed by atoms with E-state index in [1.54, 1.807) is 0 Å². The Hall–Kier alpha value is -2.24. The van der Waals surface area contributed by atoms with Crippen molar-refractivity contribution in [1.29, 1.82) is 0 Å². The average Bonchev–Trinajstić information content (AvgIpc) is 3.11. The normalized spacial score (nSPS) is 23.4. The Balaban J connectivity index is 1.22. The molecule has 2 aromatic rings. The van der Waals surface area contributed by atoms with Gasteiger partial charge in [0.2, 0.25) is 0 Å². The summed E-state index contributed by atoms with van der Waals surface area (Å²) in [6, 6.07) is 11.1. The molecule has 1 amide bonds. The minimum absolute atomic E-state index is 0.228. The number of fused-ring (bicyclic) bond motifs is 1. The molecule has 3 aliphatic heterocycles. The molecule has 0 aliphatic carbocycles. The lowest BCUT2D eigenvalue weighted by Crippen LogP contribution is -2.46. The standard InChI is InChI=1S/C24H30N4O/c29-24-23-6-5-20(13-21(23)17-28(24)22-4-2-10-26-15-22)19-7-11-27(12-8-19)16-18-3-1-9-25-14-18/h1,3,5-6,9,13-14,19,22,26H,2,4,7-8,10-12,15-17H2. The molecule has 1 aromatic heterocycles. The SMILES string of the molecule is O=C1c2ccc(C3CCN(Cc4cccnc4)CC3)cc2CN1C1CCCNC1. The Labute approximate surface area is 173 Å². The number of nitrogens with one attached hydrogen (secondary N) is 1. The van der Waals surface area contributed by atoms with E-state index in [1.165, 1.54) is 29.5 Å². The van der Waals surface area contributed by atoms with Crippen LogP contribution in [0.3, 0.4) is 0 Å². The second kappa shape index (κ2) is 8.25. The van der Waals surface area contributed by atoms with E-state index in [1.807, 2.05) is 18.5 Å². The third-order valence-electron chi connectivity index (χ3n) is 6.86. The smallest absolute Gasteiger partial charge is 0.254 e. The van der Waals surface area contributed by atoms with Crippen molar-refractivity contribution in [2.24, 2.45) is 0 Å². The van der Waals surface area contributed by atoms with Gasteiger partial charge in [0.1, 0.15) is 0 Å². The molecule has 0 bridgehead atoms. The number of benzene rings is 1. The summed E-state index contributed by atoms with van der Waals surface area (Å²) >= 11 is 0. The molecule has 0 saturated carbocycles. The average molecular weight is 391 g/mol. The van der Waals surface area contributed by atoms with Gasteiger partial charge in [-0.1, -0.05) is 18.2 Å². The van der Waals surface area contributed by atoms with Crippen LogP contribution in [0.15, 0.2) is 42.7 Å². The number of aromatic nitrogens is 1. The Bertz CT molecular complexity index is 854. The van der Waals surface area contributed by atoms with E-state index in [2.05, 4.69) is 44.4 Å². The summed E-state index contributed by atoms with van der Waals surface area (Å²) in [4.78, 5) is 21.7. The number of carbonyl (C=O) groups excluding carboxylic acids is 1. The van der Waals surface area contributed by atoms with Crippen LogP contribution in [-0.4, -0.2) is 52.9 Å². The highest BCUT2D eigenvalue weighted by molar-refractivity contribution is 5.98. The first kappa shape index (κ1) is 18.8. The summed E-state index contributed by atoms with van der Waals surface area (Å²) in [5, 5.41) is 3.44. The van der Waals surface area contributed by atoms with Crippen LogP contribution in [0.4, 0.5) is 0 Å². The summed E-state index contributed by atoms with van der Waals surface area (Å²) in [6.45, 7) is 6.03. The minimum atomic E-state index is 0.228. The van der Waals surface area contributed by atoms with Gasteiger partial charge in [0.25, 0.3) is 5.91 Å². The fourth-order valence-corrected chi connectivity index (χ4v) is 5.19. The van der Waals surface area contributed by atoms with Crippen molar-refractivity contribution < 1.29 is 4.79 Å². The van der Waals surface area contributed by atoms with Crippen LogP contribution in [0.1, 0.15) is 58.6 Å². The Morgan fingerprint density at radius 1 is 1.14 bits per heavy atom. The van der Waals surface area contributed by atoms with Crippen molar-refractivity contribution >= 4 is 5.91 Å². The first-order valence-corrected chi connectivity index (χ1v) is 11.0. The number of carbonyl (C=O) groups is 1. The minimum Gasteiger partial charge on any atom is -0.330 e. The third kappa shape index (κ3) is 3.94. The topological polar surface area (TPSA) is 48.5 Å². The maximum absolute atomic E-state index is 12.9. The molecule has 1 aromatic carbocycles. The number of hydrogen-bond donors (Lipinski definition) is 1. The first-order valence-electron chi connectivity index (χ1n) is 11.0. The molecule has 4 heterocycles. The maximum atomic E-state index is 12.9. The van der Waals surface area contributed by atoms with E-state index in [9.17, 15) is 4.79 Å². The second-order valence-electron chi connectivity index (χ2n) is 8.76. The fourth-order valence-electron chi connectivity index (χ4n) is 5.19. The predicted molar refractivity (Wildman–Crippen MR) is 114 cm³/mol. The van der Waals surface area contributed by atoms with Gasteiger partial charge in [0.05, 0.1) is 0 Å². The Morgan fingerprint density at radius 3 is 2.79 bits per heavy atom. The summed E-state index contributed by atoms with van der Waals surface area (Å²) in [7, 11) is 0. The van der Waals surface area contributed by atoms with E-state index in [4.69, 9.17) is 0 Å². The van der Waals surface area contributed by atoms with E-state index in [0.29, 0.717) is 12.0 Å². The van der Waals surface area contributed by atoms with E-state index < -0.39 is 0 Å². The van der Waals surface area contributed by atoms with Crippen LogP contribution in [0.25, 0.3) is 0 Å². The number of likely N-dealkylation sites (tertiary alicyclic amines) is 1. The monoisotopic (exact) mass is 390 g/mol. The summed E-state index contributed by atoms with van der Waals surface area (Å²) < 4.78 is 0. The van der Waals surface area contributed by atoms with Gasteiger partial charge < -0.3 is 10.2 Å². The lowest BCUT2D eigenvalue weighted by Gasteiger charge is -2.32. The molecule has 3 aliphatic rings. The van der Waals surface area contributed by atoms with Crippen molar-refractivity contribution in [3.05, 3.63) is 65.0 Å². The van der Waals surface area contributed by atoms with Crippen LogP contribution in [0, 0.1) is 0 Å². The summed E-state index contributed by atoms with van der Waals surface area (Å²) in [5.41, 5.74) is 4.87. The number of piperidine rings is 2. The van der Waals surface area contributed by atoms with E-state index in [-0.39, 0.29) is 5.91 Å². The van der Waals surface area contributed by atoms with Crippen molar-refractivity contribution in [2.45, 2.75) is 50.7 Å². The second-order valence-corrected chi connectivity index (χ2v) is 8.76. The van der Waals surface area contributed by atoms with Crippen LogP contribution in [0.5, 0.6) is 0 Å². The number of hydrogen-bond acceptors (Lipinski definition) is 4. The summed E-state index contributed by atoms with van der Waals surface area (Å²) in [6.07, 6.45) is 8.45. The van der Waals surface area contributed by atoms with E-state index in [0.717, 1.165) is 57.7 Å². The molecule has 29 heavy (non-hydrogen) atoms. The molecule has 1 unspecified atom stereocenters. The number of rotatable bonds is 4. The first-order chi connectivity index (χ1) is 14.3. The maximum Gasteiger partial charge on any atom is 0.254 e.